The van der Waals surface area contributed by atoms with Crippen molar-refractivity contribution in [2.75, 3.05) is 19.7 Å². The van der Waals surface area contributed by atoms with Gasteiger partial charge in [-0.25, -0.2) is 0 Å². The summed E-state index contributed by atoms with van der Waals surface area (Å²) in [6.45, 7) is 9.65. The summed E-state index contributed by atoms with van der Waals surface area (Å²) in [5.41, 5.74) is 0. The molecule has 1 N–H and O–H groups in total. The Labute approximate surface area is 94.7 Å². The van der Waals surface area contributed by atoms with Gasteiger partial charge in [-0.2, -0.15) is 0 Å². The molecule has 0 aromatic carbocycles. The predicted molar refractivity (Wildman–Crippen MR) is 64.9 cm³/mol. The maximum Gasteiger partial charge on any atom is 0.0443 e. The van der Waals surface area contributed by atoms with Crippen LogP contribution in [0, 0.1) is 11.8 Å². The third-order valence-electron chi connectivity index (χ3n) is 3.71. The van der Waals surface area contributed by atoms with Crippen LogP contribution in [-0.4, -0.2) is 35.7 Å². The molecule has 1 saturated heterocycles. The fourth-order valence-corrected chi connectivity index (χ4v) is 2.64. The monoisotopic (exact) mass is 213 g/mol. The highest BCUT2D eigenvalue weighted by Gasteiger charge is 2.25. The second kappa shape index (κ2) is 6.49. The summed E-state index contributed by atoms with van der Waals surface area (Å²) >= 11 is 0. The molecular weight excluding hydrogens is 186 g/mol. The fourth-order valence-electron chi connectivity index (χ4n) is 2.64. The van der Waals surface area contributed by atoms with Gasteiger partial charge in [0.2, 0.25) is 0 Å². The molecule has 2 heteroatoms. The van der Waals surface area contributed by atoms with Crippen LogP contribution in [0.2, 0.25) is 0 Å². The van der Waals surface area contributed by atoms with Crippen molar-refractivity contribution in [2.24, 2.45) is 11.8 Å². The van der Waals surface area contributed by atoms with Crippen LogP contribution in [0.1, 0.15) is 46.5 Å². The molecule has 0 amide bonds. The van der Waals surface area contributed by atoms with Crippen molar-refractivity contribution in [1.29, 1.82) is 0 Å². The maximum atomic E-state index is 8.92. The number of hydrogen-bond donors (Lipinski definition) is 1. The fraction of sp³-hybridized carbons (Fsp3) is 1.00. The molecule has 2 unspecified atom stereocenters. The first-order valence-corrected chi connectivity index (χ1v) is 6.50. The van der Waals surface area contributed by atoms with Gasteiger partial charge in [-0.3, -0.25) is 0 Å². The van der Waals surface area contributed by atoms with E-state index in [4.69, 9.17) is 5.11 Å². The second-order valence-electron chi connectivity index (χ2n) is 5.40. The van der Waals surface area contributed by atoms with Gasteiger partial charge in [-0.1, -0.05) is 20.8 Å². The molecule has 0 radical (unpaired) electrons. The van der Waals surface area contributed by atoms with Crippen molar-refractivity contribution in [3.8, 4) is 0 Å². The molecule has 2 nitrogen and oxygen atoms in total. The standard InChI is InChI=1S/C13H27NO/c1-11(2)13-6-5-12(3)7-9-14(13)8-4-10-15/h11-13,15H,4-10H2,1-3H3. The first kappa shape index (κ1) is 13.0. The Balaban J connectivity index is 2.52. The van der Waals surface area contributed by atoms with E-state index in [-0.39, 0.29) is 0 Å². The number of aliphatic hydroxyl groups is 1. The normalized spacial score (nSPS) is 29.4. The minimum absolute atomic E-state index is 0.330. The van der Waals surface area contributed by atoms with Gasteiger partial charge in [0, 0.05) is 19.2 Å². The molecular formula is C13H27NO. The van der Waals surface area contributed by atoms with Crippen LogP contribution in [0.15, 0.2) is 0 Å². The Kier molecular flexibility index (Phi) is 5.62. The summed E-state index contributed by atoms with van der Waals surface area (Å²) in [5, 5.41) is 8.92. The topological polar surface area (TPSA) is 23.5 Å². The Morgan fingerprint density at radius 2 is 2.00 bits per heavy atom. The molecule has 0 aromatic heterocycles. The smallest absolute Gasteiger partial charge is 0.0443 e. The van der Waals surface area contributed by atoms with E-state index in [1.54, 1.807) is 0 Å². The van der Waals surface area contributed by atoms with E-state index in [1.807, 2.05) is 0 Å². The quantitative estimate of drug-likeness (QED) is 0.775. The van der Waals surface area contributed by atoms with Gasteiger partial charge in [0.25, 0.3) is 0 Å². The Morgan fingerprint density at radius 3 is 2.60 bits per heavy atom. The van der Waals surface area contributed by atoms with E-state index in [2.05, 4.69) is 25.7 Å². The average Bonchev–Trinajstić information content (AvgIpc) is 2.37. The third kappa shape index (κ3) is 4.12. The van der Waals surface area contributed by atoms with E-state index in [9.17, 15) is 0 Å². The minimum Gasteiger partial charge on any atom is -0.396 e. The third-order valence-corrected chi connectivity index (χ3v) is 3.71. The molecule has 0 saturated carbocycles. The lowest BCUT2D eigenvalue weighted by molar-refractivity contribution is 0.142. The summed E-state index contributed by atoms with van der Waals surface area (Å²) in [5.74, 6) is 1.62. The zero-order chi connectivity index (χ0) is 11.3. The molecule has 0 bridgehead atoms. The molecule has 1 rings (SSSR count). The van der Waals surface area contributed by atoms with Crippen molar-refractivity contribution in [1.82, 2.24) is 4.90 Å². The number of nitrogens with zero attached hydrogens (tertiary/aromatic N) is 1. The molecule has 0 aromatic rings. The van der Waals surface area contributed by atoms with Gasteiger partial charge in [-0.05, 0) is 44.1 Å². The minimum atomic E-state index is 0.330. The molecule has 15 heavy (non-hydrogen) atoms. The first-order chi connectivity index (χ1) is 7.15. The molecule has 1 aliphatic heterocycles. The molecule has 1 aliphatic rings. The van der Waals surface area contributed by atoms with Gasteiger partial charge >= 0.3 is 0 Å². The van der Waals surface area contributed by atoms with Gasteiger partial charge in [0.1, 0.15) is 0 Å². The Bertz CT molecular complexity index is 170. The lowest BCUT2D eigenvalue weighted by atomic mass is 9.95. The van der Waals surface area contributed by atoms with Crippen LogP contribution >= 0.6 is 0 Å². The first-order valence-electron chi connectivity index (χ1n) is 6.50. The van der Waals surface area contributed by atoms with Gasteiger partial charge in [-0.15, -0.1) is 0 Å². The van der Waals surface area contributed by atoms with E-state index in [0.29, 0.717) is 6.61 Å². The number of aliphatic hydroxyl groups excluding tert-OH is 1. The summed E-state index contributed by atoms with van der Waals surface area (Å²) < 4.78 is 0. The van der Waals surface area contributed by atoms with E-state index in [0.717, 1.165) is 30.8 Å². The van der Waals surface area contributed by atoms with E-state index >= 15 is 0 Å². The number of likely N-dealkylation sites (tertiary alicyclic amines) is 1. The van der Waals surface area contributed by atoms with Crippen LogP contribution < -0.4 is 0 Å². The Hall–Kier alpha value is -0.0800. The number of hydrogen-bond acceptors (Lipinski definition) is 2. The predicted octanol–water partition coefficient (Wildman–Crippen LogP) is 2.52. The number of rotatable bonds is 4. The highest BCUT2D eigenvalue weighted by atomic mass is 16.3. The SMILES string of the molecule is CC1CCC(C(C)C)N(CCCO)CC1. The van der Waals surface area contributed by atoms with Gasteiger partial charge < -0.3 is 10.0 Å². The molecule has 0 spiro atoms. The molecule has 0 aliphatic carbocycles. The molecule has 90 valence electrons. The van der Waals surface area contributed by atoms with Gasteiger partial charge in [0.15, 0.2) is 0 Å². The van der Waals surface area contributed by atoms with E-state index < -0.39 is 0 Å². The highest BCUT2D eigenvalue weighted by molar-refractivity contribution is 4.79. The lowest BCUT2D eigenvalue weighted by Crippen LogP contribution is -2.39. The van der Waals surface area contributed by atoms with E-state index in [1.165, 1.54) is 25.8 Å². The summed E-state index contributed by atoms with van der Waals surface area (Å²) in [6, 6.07) is 0.737. The van der Waals surface area contributed by atoms with Gasteiger partial charge in [0.05, 0.1) is 0 Å². The van der Waals surface area contributed by atoms with Crippen LogP contribution in [0.3, 0.4) is 0 Å². The Morgan fingerprint density at radius 1 is 1.27 bits per heavy atom. The second-order valence-corrected chi connectivity index (χ2v) is 5.40. The van der Waals surface area contributed by atoms with Crippen molar-refractivity contribution in [3.05, 3.63) is 0 Å². The van der Waals surface area contributed by atoms with Crippen LogP contribution in [0.4, 0.5) is 0 Å². The van der Waals surface area contributed by atoms with Crippen LogP contribution in [0.5, 0.6) is 0 Å². The maximum absolute atomic E-state index is 8.92. The van der Waals surface area contributed by atoms with Crippen molar-refractivity contribution in [3.63, 3.8) is 0 Å². The van der Waals surface area contributed by atoms with Crippen molar-refractivity contribution < 1.29 is 5.11 Å². The summed E-state index contributed by atoms with van der Waals surface area (Å²) in [6.07, 6.45) is 4.97. The lowest BCUT2D eigenvalue weighted by Gasteiger charge is -2.32. The van der Waals surface area contributed by atoms with Crippen LogP contribution in [0.25, 0.3) is 0 Å². The molecule has 1 fully saturated rings. The summed E-state index contributed by atoms with van der Waals surface area (Å²) in [4.78, 5) is 2.60. The molecule has 1 heterocycles. The molecule has 2 atom stereocenters. The van der Waals surface area contributed by atoms with Crippen molar-refractivity contribution in [2.45, 2.75) is 52.5 Å². The zero-order valence-corrected chi connectivity index (χ0v) is 10.6. The van der Waals surface area contributed by atoms with Crippen LogP contribution in [-0.2, 0) is 0 Å². The largest absolute Gasteiger partial charge is 0.396 e. The van der Waals surface area contributed by atoms with Crippen molar-refractivity contribution >= 4 is 0 Å². The summed E-state index contributed by atoms with van der Waals surface area (Å²) in [7, 11) is 0. The average molecular weight is 213 g/mol. The zero-order valence-electron chi connectivity index (χ0n) is 10.6. The highest BCUT2D eigenvalue weighted by Crippen LogP contribution is 2.25.